The van der Waals surface area contributed by atoms with E-state index < -0.39 is 11.8 Å². The van der Waals surface area contributed by atoms with E-state index in [1.807, 2.05) is 0 Å². The highest BCUT2D eigenvalue weighted by molar-refractivity contribution is 9.10. The Morgan fingerprint density at radius 2 is 1.62 bits per heavy atom. The number of hydrogen-bond donors (Lipinski definition) is 3. The van der Waals surface area contributed by atoms with Gasteiger partial charge in [-0.2, -0.15) is 0 Å². The second-order valence-corrected chi connectivity index (χ2v) is 5.34. The van der Waals surface area contributed by atoms with Crippen LogP contribution in [0.4, 0.5) is 0 Å². The number of halogens is 2. The summed E-state index contributed by atoms with van der Waals surface area (Å²) in [4.78, 5) is 23.8. The third-order valence-corrected chi connectivity index (χ3v) is 3.54. The van der Waals surface area contributed by atoms with Gasteiger partial charge in [-0.3, -0.25) is 20.4 Å². The van der Waals surface area contributed by atoms with Crippen LogP contribution in [0, 0.1) is 0 Å². The number of hydrogen-bond acceptors (Lipinski definition) is 3. The molecule has 0 radical (unpaired) electrons. The minimum Gasteiger partial charge on any atom is -0.507 e. The van der Waals surface area contributed by atoms with Gasteiger partial charge in [0, 0.05) is 9.50 Å². The predicted molar refractivity (Wildman–Crippen MR) is 82.2 cm³/mol. The van der Waals surface area contributed by atoms with Gasteiger partial charge in [0.15, 0.2) is 0 Å². The van der Waals surface area contributed by atoms with Crippen LogP contribution in [0.15, 0.2) is 46.9 Å². The molecule has 2 amide bonds. The first-order valence-corrected chi connectivity index (χ1v) is 7.00. The molecule has 2 rings (SSSR count). The van der Waals surface area contributed by atoms with Gasteiger partial charge in [-0.25, -0.2) is 0 Å². The number of amides is 2. The lowest BCUT2D eigenvalue weighted by Gasteiger charge is -2.09. The summed E-state index contributed by atoms with van der Waals surface area (Å²) in [5.41, 5.74) is 4.81. The molecule has 0 bridgehead atoms. The van der Waals surface area contributed by atoms with Crippen molar-refractivity contribution >= 4 is 39.3 Å². The summed E-state index contributed by atoms with van der Waals surface area (Å²) < 4.78 is 0.599. The average Bonchev–Trinajstić information content (AvgIpc) is 2.47. The van der Waals surface area contributed by atoms with Crippen LogP contribution in [0.5, 0.6) is 5.75 Å². The van der Waals surface area contributed by atoms with Crippen molar-refractivity contribution in [3.05, 3.63) is 63.1 Å². The van der Waals surface area contributed by atoms with Crippen LogP contribution in [0.1, 0.15) is 20.7 Å². The van der Waals surface area contributed by atoms with Gasteiger partial charge >= 0.3 is 0 Å². The zero-order chi connectivity index (χ0) is 15.4. The maximum Gasteiger partial charge on any atom is 0.273 e. The molecule has 0 aliphatic rings. The molecular formula is C14H10BrClN2O3. The lowest BCUT2D eigenvalue weighted by molar-refractivity contribution is 0.0844. The van der Waals surface area contributed by atoms with Crippen molar-refractivity contribution < 1.29 is 14.7 Å². The van der Waals surface area contributed by atoms with E-state index in [2.05, 4.69) is 26.8 Å². The molecule has 21 heavy (non-hydrogen) atoms. The largest absolute Gasteiger partial charge is 0.507 e. The van der Waals surface area contributed by atoms with Gasteiger partial charge in [0.25, 0.3) is 11.8 Å². The van der Waals surface area contributed by atoms with E-state index in [0.717, 1.165) is 0 Å². The highest BCUT2D eigenvalue weighted by atomic mass is 79.9. The lowest BCUT2D eigenvalue weighted by atomic mass is 10.2. The van der Waals surface area contributed by atoms with Gasteiger partial charge in [-0.1, -0.05) is 23.7 Å². The first-order valence-electron chi connectivity index (χ1n) is 5.83. The second-order valence-electron chi connectivity index (χ2n) is 4.05. The monoisotopic (exact) mass is 368 g/mol. The fraction of sp³-hybridized carbons (Fsp3) is 0. The molecule has 5 nitrogen and oxygen atoms in total. The summed E-state index contributed by atoms with van der Waals surface area (Å²) in [6.07, 6.45) is 0. The van der Waals surface area contributed by atoms with Crippen molar-refractivity contribution in [2.45, 2.75) is 0 Å². The molecule has 2 aromatic carbocycles. The zero-order valence-electron chi connectivity index (χ0n) is 10.6. The Bertz CT molecular complexity index is 706. The van der Waals surface area contributed by atoms with E-state index in [1.54, 1.807) is 24.3 Å². The van der Waals surface area contributed by atoms with E-state index in [0.29, 0.717) is 15.1 Å². The van der Waals surface area contributed by atoms with E-state index in [1.165, 1.54) is 18.2 Å². The molecule has 0 aliphatic heterocycles. The molecular weight excluding hydrogens is 360 g/mol. The van der Waals surface area contributed by atoms with Crippen LogP contribution in [0.25, 0.3) is 0 Å². The Morgan fingerprint density at radius 1 is 1.00 bits per heavy atom. The molecule has 7 heteroatoms. The van der Waals surface area contributed by atoms with Gasteiger partial charge in [0.1, 0.15) is 5.75 Å². The van der Waals surface area contributed by atoms with Crippen LogP contribution in [-0.2, 0) is 0 Å². The zero-order valence-corrected chi connectivity index (χ0v) is 12.9. The fourth-order valence-corrected chi connectivity index (χ4v) is 2.22. The summed E-state index contributed by atoms with van der Waals surface area (Å²) >= 11 is 8.99. The van der Waals surface area contributed by atoms with E-state index in [-0.39, 0.29) is 11.3 Å². The highest BCUT2D eigenvalue weighted by Gasteiger charge is 2.14. The SMILES string of the molecule is O=C(NNC(=O)c1ccccc1Br)c1cc(Cl)ccc1O. The maximum absolute atomic E-state index is 11.9. The van der Waals surface area contributed by atoms with Crippen molar-refractivity contribution in [3.63, 3.8) is 0 Å². The van der Waals surface area contributed by atoms with Gasteiger partial charge in [0.05, 0.1) is 11.1 Å². The van der Waals surface area contributed by atoms with Gasteiger partial charge in [-0.15, -0.1) is 0 Å². The highest BCUT2D eigenvalue weighted by Crippen LogP contribution is 2.21. The lowest BCUT2D eigenvalue weighted by Crippen LogP contribution is -2.41. The summed E-state index contributed by atoms with van der Waals surface area (Å²) in [6.45, 7) is 0. The molecule has 0 aliphatic carbocycles. The molecule has 0 atom stereocenters. The molecule has 0 heterocycles. The Hall–Kier alpha value is -2.05. The standard InChI is InChI=1S/C14H10BrClN2O3/c15-11-4-2-1-3-9(11)13(20)17-18-14(21)10-7-8(16)5-6-12(10)19/h1-7,19H,(H,17,20)(H,18,21). The van der Waals surface area contributed by atoms with Crippen LogP contribution >= 0.6 is 27.5 Å². The Morgan fingerprint density at radius 3 is 2.29 bits per heavy atom. The average molecular weight is 370 g/mol. The maximum atomic E-state index is 11.9. The smallest absolute Gasteiger partial charge is 0.273 e. The fourth-order valence-electron chi connectivity index (χ4n) is 1.58. The molecule has 0 saturated carbocycles. The minimum atomic E-state index is -0.671. The number of phenols is 1. The number of benzene rings is 2. The summed E-state index contributed by atoms with van der Waals surface area (Å²) in [7, 11) is 0. The van der Waals surface area contributed by atoms with Crippen molar-refractivity contribution in [2.75, 3.05) is 0 Å². The summed E-state index contributed by atoms with van der Waals surface area (Å²) in [5, 5.41) is 9.89. The third kappa shape index (κ3) is 3.74. The van der Waals surface area contributed by atoms with Crippen LogP contribution in [-0.4, -0.2) is 16.9 Å². The third-order valence-electron chi connectivity index (χ3n) is 2.61. The topological polar surface area (TPSA) is 78.4 Å². The predicted octanol–water partition coefficient (Wildman–Crippen LogP) is 2.88. The molecule has 108 valence electrons. The number of carbonyl (C=O) groups is 2. The Kier molecular flexibility index (Phi) is 4.82. The molecule has 2 aromatic rings. The number of hydrazine groups is 1. The Balaban J connectivity index is 2.06. The first-order chi connectivity index (χ1) is 9.99. The van der Waals surface area contributed by atoms with Crippen LogP contribution in [0.2, 0.25) is 5.02 Å². The van der Waals surface area contributed by atoms with Crippen LogP contribution in [0.3, 0.4) is 0 Å². The van der Waals surface area contributed by atoms with Crippen molar-refractivity contribution in [1.29, 1.82) is 0 Å². The number of carbonyl (C=O) groups excluding carboxylic acids is 2. The molecule has 0 unspecified atom stereocenters. The van der Waals surface area contributed by atoms with Gasteiger partial charge in [-0.05, 0) is 46.3 Å². The van der Waals surface area contributed by atoms with Gasteiger partial charge in [0.2, 0.25) is 0 Å². The number of aromatic hydroxyl groups is 1. The molecule has 0 saturated heterocycles. The molecule has 3 N–H and O–H groups in total. The quantitative estimate of drug-likeness (QED) is 0.712. The number of phenolic OH excluding ortho intramolecular Hbond substituents is 1. The van der Waals surface area contributed by atoms with Gasteiger partial charge < -0.3 is 5.11 Å². The molecule has 0 spiro atoms. The van der Waals surface area contributed by atoms with Crippen molar-refractivity contribution in [3.8, 4) is 5.75 Å². The molecule has 0 fully saturated rings. The minimum absolute atomic E-state index is 0.0325. The number of rotatable bonds is 2. The van der Waals surface area contributed by atoms with E-state index in [9.17, 15) is 14.7 Å². The molecule has 0 aromatic heterocycles. The normalized spacial score (nSPS) is 10.0. The van der Waals surface area contributed by atoms with Crippen molar-refractivity contribution in [2.24, 2.45) is 0 Å². The van der Waals surface area contributed by atoms with Crippen molar-refractivity contribution in [1.82, 2.24) is 10.9 Å². The Labute approximate surface area is 134 Å². The van der Waals surface area contributed by atoms with E-state index in [4.69, 9.17) is 11.6 Å². The number of nitrogens with one attached hydrogen (secondary N) is 2. The second kappa shape index (κ2) is 6.60. The first kappa shape index (κ1) is 15.3. The summed E-state index contributed by atoms with van der Waals surface area (Å²) in [5.74, 6) is -1.39. The van der Waals surface area contributed by atoms with E-state index >= 15 is 0 Å². The summed E-state index contributed by atoms with van der Waals surface area (Å²) in [6, 6.07) is 10.8. The van der Waals surface area contributed by atoms with Crippen LogP contribution < -0.4 is 10.9 Å².